The van der Waals surface area contributed by atoms with Gasteiger partial charge in [-0.05, 0) is 40.6 Å². The first kappa shape index (κ1) is 12.6. The molecule has 0 saturated heterocycles. The fourth-order valence-corrected chi connectivity index (χ4v) is 2.90. The van der Waals surface area contributed by atoms with Crippen LogP contribution in [0.4, 0.5) is 5.69 Å². The lowest BCUT2D eigenvalue weighted by Crippen LogP contribution is -1.93. The van der Waals surface area contributed by atoms with Crippen LogP contribution in [0.15, 0.2) is 66.9 Å². The van der Waals surface area contributed by atoms with Gasteiger partial charge in [-0.2, -0.15) is 0 Å². The summed E-state index contributed by atoms with van der Waals surface area (Å²) < 4.78 is 0. The first-order chi connectivity index (χ1) is 10.7. The number of hydrogen-bond donors (Lipinski definition) is 1. The second-order valence-electron chi connectivity index (χ2n) is 5.22. The number of nitrogens with one attached hydrogen (secondary N) is 1. The second kappa shape index (κ2) is 4.70. The van der Waals surface area contributed by atoms with E-state index in [4.69, 9.17) is 0 Å². The Bertz CT molecular complexity index is 1020. The van der Waals surface area contributed by atoms with E-state index in [2.05, 4.69) is 4.98 Å². The zero-order chi connectivity index (χ0) is 15.1. The Morgan fingerprint density at radius 3 is 2.59 bits per heavy atom. The fourth-order valence-electron chi connectivity index (χ4n) is 2.90. The van der Waals surface area contributed by atoms with Crippen molar-refractivity contribution in [3.05, 3.63) is 77.0 Å². The van der Waals surface area contributed by atoms with Crippen molar-refractivity contribution in [2.75, 3.05) is 0 Å². The molecule has 0 radical (unpaired) electrons. The number of rotatable bonds is 2. The molecule has 4 heteroatoms. The van der Waals surface area contributed by atoms with E-state index in [1.165, 1.54) is 0 Å². The fraction of sp³-hybridized carbons (Fsp3) is 0. The van der Waals surface area contributed by atoms with E-state index in [9.17, 15) is 10.1 Å². The molecule has 1 heterocycles. The number of benzene rings is 3. The molecular weight excluding hydrogens is 276 g/mol. The lowest BCUT2D eigenvalue weighted by Gasteiger charge is -2.07. The summed E-state index contributed by atoms with van der Waals surface area (Å²) in [6, 6.07) is 19.0. The number of hydrogen-bond acceptors (Lipinski definition) is 2. The van der Waals surface area contributed by atoms with Crippen LogP contribution in [0.2, 0.25) is 0 Å². The van der Waals surface area contributed by atoms with Crippen molar-refractivity contribution >= 4 is 27.4 Å². The molecule has 0 amide bonds. The second-order valence-corrected chi connectivity index (χ2v) is 5.22. The molecule has 0 spiro atoms. The molecule has 0 atom stereocenters. The van der Waals surface area contributed by atoms with E-state index in [1.54, 1.807) is 6.07 Å². The molecule has 4 nitrogen and oxygen atoms in total. The molecule has 1 N–H and O–H groups in total. The normalized spacial score (nSPS) is 11.1. The van der Waals surface area contributed by atoms with Crippen molar-refractivity contribution in [1.82, 2.24) is 4.98 Å². The van der Waals surface area contributed by atoms with Gasteiger partial charge >= 0.3 is 0 Å². The molecule has 1 aromatic heterocycles. The van der Waals surface area contributed by atoms with Gasteiger partial charge in [0.15, 0.2) is 0 Å². The average Bonchev–Trinajstić information content (AvgIpc) is 3.01. The van der Waals surface area contributed by atoms with Crippen molar-refractivity contribution in [3.63, 3.8) is 0 Å². The maximum Gasteiger partial charge on any atom is 0.284 e. The third kappa shape index (κ3) is 1.85. The average molecular weight is 288 g/mol. The van der Waals surface area contributed by atoms with Crippen molar-refractivity contribution < 1.29 is 4.92 Å². The van der Waals surface area contributed by atoms with Crippen LogP contribution in [0.3, 0.4) is 0 Å². The summed E-state index contributed by atoms with van der Waals surface area (Å²) in [6.07, 6.45) is 1.86. The molecule has 0 aliphatic rings. The zero-order valence-electron chi connectivity index (χ0n) is 11.6. The van der Waals surface area contributed by atoms with Crippen molar-refractivity contribution in [1.29, 1.82) is 0 Å². The van der Waals surface area contributed by atoms with Gasteiger partial charge in [-0.3, -0.25) is 10.1 Å². The summed E-state index contributed by atoms with van der Waals surface area (Å²) in [5.41, 5.74) is 2.61. The molecule has 22 heavy (non-hydrogen) atoms. The summed E-state index contributed by atoms with van der Waals surface area (Å²) in [7, 11) is 0. The summed E-state index contributed by atoms with van der Waals surface area (Å²) >= 11 is 0. The Hall–Kier alpha value is -3.14. The highest BCUT2D eigenvalue weighted by Crippen LogP contribution is 2.37. The van der Waals surface area contributed by atoms with Gasteiger partial charge in [0.1, 0.15) is 0 Å². The Labute approximate surface area is 126 Å². The molecule has 106 valence electrons. The first-order valence-electron chi connectivity index (χ1n) is 6.98. The quantitative estimate of drug-likeness (QED) is 0.421. The minimum atomic E-state index is -0.295. The number of H-pyrrole nitrogens is 1. The van der Waals surface area contributed by atoms with Gasteiger partial charge < -0.3 is 4.98 Å². The molecule has 3 aromatic carbocycles. The smallest absolute Gasteiger partial charge is 0.284 e. The molecule has 0 bridgehead atoms. The Kier molecular flexibility index (Phi) is 2.69. The van der Waals surface area contributed by atoms with Crippen LogP contribution in [0.5, 0.6) is 0 Å². The minimum Gasteiger partial charge on any atom is -0.361 e. The maximum atomic E-state index is 11.6. The molecule has 0 aliphatic carbocycles. The minimum absolute atomic E-state index is 0.156. The van der Waals surface area contributed by atoms with Crippen LogP contribution in [0.1, 0.15) is 0 Å². The van der Waals surface area contributed by atoms with E-state index >= 15 is 0 Å². The van der Waals surface area contributed by atoms with Gasteiger partial charge in [-0.25, -0.2) is 0 Å². The largest absolute Gasteiger partial charge is 0.361 e. The van der Waals surface area contributed by atoms with Gasteiger partial charge in [0.2, 0.25) is 0 Å². The third-order valence-corrected chi connectivity index (χ3v) is 3.95. The van der Waals surface area contributed by atoms with E-state index in [1.807, 2.05) is 60.8 Å². The number of aromatic nitrogens is 1. The van der Waals surface area contributed by atoms with Crippen molar-refractivity contribution in [2.45, 2.75) is 0 Å². The van der Waals surface area contributed by atoms with E-state index in [0.29, 0.717) is 10.9 Å². The molecule has 0 unspecified atom stereocenters. The van der Waals surface area contributed by atoms with Crippen LogP contribution in [0.25, 0.3) is 32.8 Å². The molecule has 0 fully saturated rings. The third-order valence-electron chi connectivity index (χ3n) is 3.95. The van der Waals surface area contributed by atoms with Crippen LogP contribution >= 0.6 is 0 Å². The van der Waals surface area contributed by atoms with Gasteiger partial charge in [0, 0.05) is 11.7 Å². The Balaban J connectivity index is 2.04. The van der Waals surface area contributed by atoms with E-state index in [-0.39, 0.29) is 10.6 Å². The summed E-state index contributed by atoms with van der Waals surface area (Å²) in [5.74, 6) is 0. The lowest BCUT2D eigenvalue weighted by molar-refractivity contribution is -0.382. The molecular formula is C18H12N2O2. The van der Waals surface area contributed by atoms with Gasteiger partial charge in [-0.15, -0.1) is 0 Å². The summed E-state index contributed by atoms with van der Waals surface area (Å²) in [5, 5.41) is 14.2. The Morgan fingerprint density at radius 1 is 0.909 bits per heavy atom. The van der Waals surface area contributed by atoms with E-state index < -0.39 is 0 Å². The topological polar surface area (TPSA) is 58.9 Å². The summed E-state index contributed by atoms with van der Waals surface area (Å²) in [6.45, 7) is 0. The highest BCUT2D eigenvalue weighted by Gasteiger charge is 2.19. The number of nitrogens with zero attached hydrogens (tertiary/aromatic N) is 1. The SMILES string of the molecule is O=[N+]([O-])c1c(-c2ccc3cc[nH]c3c2)ccc2ccccc12. The zero-order valence-corrected chi connectivity index (χ0v) is 11.6. The summed E-state index contributed by atoms with van der Waals surface area (Å²) in [4.78, 5) is 14.5. The number of nitro benzene ring substituents is 1. The van der Waals surface area contributed by atoms with Crippen molar-refractivity contribution in [3.8, 4) is 11.1 Å². The van der Waals surface area contributed by atoms with Crippen LogP contribution in [0, 0.1) is 10.1 Å². The molecule has 4 aromatic rings. The van der Waals surface area contributed by atoms with Crippen LogP contribution < -0.4 is 0 Å². The molecule has 0 aliphatic heterocycles. The van der Waals surface area contributed by atoms with Crippen LogP contribution in [-0.2, 0) is 0 Å². The van der Waals surface area contributed by atoms with Gasteiger partial charge in [0.05, 0.1) is 15.9 Å². The highest BCUT2D eigenvalue weighted by molar-refractivity contribution is 5.99. The van der Waals surface area contributed by atoms with Gasteiger partial charge in [0.25, 0.3) is 5.69 Å². The standard InChI is InChI=1S/C18H12N2O2/c21-20(22)18-15-4-2-1-3-12(15)7-8-16(18)14-6-5-13-9-10-19-17(13)11-14/h1-11,19H. The van der Waals surface area contributed by atoms with Crippen LogP contribution in [-0.4, -0.2) is 9.91 Å². The number of aromatic amines is 1. The van der Waals surface area contributed by atoms with E-state index in [0.717, 1.165) is 21.9 Å². The predicted octanol–water partition coefficient (Wildman–Crippen LogP) is 4.90. The monoisotopic (exact) mass is 288 g/mol. The maximum absolute atomic E-state index is 11.6. The molecule has 4 rings (SSSR count). The lowest BCUT2D eigenvalue weighted by atomic mass is 9.98. The highest BCUT2D eigenvalue weighted by atomic mass is 16.6. The first-order valence-corrected chi connectivity index (χ1v) is 6.98. The number of fused-ring (bicyclic) bond motifs is 2. The van der Waals surface area contributed by atoms with Gasteiger partial charge in [-0.1, -0.05) is 36.4 Å². The van der Waals surface area contributed by atoms with Crippen molar-refractivity contribution in [2.24, 2.45) is 0 Å². The number of nitro groups is 1. The molecule has 0 saturated carbocycles. The predicted molar refractivity (Wildman–Crippen MR) is 87.9 cm³/mol. The Morgan fingerprint density at radius 2 is 1.73 bits per heavy atom.